The molecule has 174 valence electrons. The summed E-state index contributed by atoms with van der Waals surface area (Å²) < 4.78 is 55.2. The number of benzene rings is 2. The molecule has 2 aromatic carbocycles. The molecular formula is C20H26N4O6S2. The van der Waals surface area contributed by atoms with E-state index in [1.165, 1.54) is 24.3 Å². The number of nitrogens with one attached hydrogen (secondary N) is 2. The minimum Gasteiger partial charge on any atom is -0.378 e. The van der Waals surface area contributed by atoms with Gasteiger partial charge in [-0.1, -0.05) is 6.92 Å². The minimum absolute atomic E-state index is 0.0101. The van der Waals surface area contributed by atoms with Gasteiger partial charge < -0.3 is 15.0 Å². The molecule has 1 aliphatic heterocycles. The quantitative estimate of drug-likeness (QED) is 0.517. The average molecular weight is 483 g/mol. The highest BCUT2D eigenvalue weighted by molar-refractivity contribution is 7.92. The summed E-state index contributed by atoms with van der Waals surface area (Å²) in [7, 11) is -7.42. The summed E-state index contributed by atoms with van der Waals surface area (Å²) in [6.07, 6.45) is 0.493. The first-order chi connectivity index (χ1) is 15.1. The Balaban J connectivity index is 1.84. The molecule has 0 saturated carbocycles. The van der Waals surface area contributed by atoms with E-state index in [2.05, 4.69) is 10.0 Å². The van der Waals surface area contributed by atoms with E-state index < -0.39 is 26.0 Å². The van der Waals surface area contributed by atoms with Gasteiger partial charge in [-0.15, -0.1) is 0 Å². The van der Waals surface area contributed by atoms with E-state index in [9.17, 15) is 21.6 Å². The molecule has 0 bridgehead atoms. The van der Waals surface area contributed by atoms with Crippen molar-refractivity contribution in [2.24, 2.45) is 5.14 Å². The molecule has 0 spiro atoms. The number of nitrogens with zero attached hydrogens (tertiary/aromatic N) is 1. The Kier molecular flexibility index (Phi) is 7.39. The van der Waals surface area contributed by atoms with E-state index in [4.69, 9.17) is 9.88 Å². The van der Waals surface area contributed by atoms with Crippen LogP contribution < -0.4 is 20.1 Å². The average Bonchev–Trinajstić information content (AvgIpc) is 2.74. The molecule has 32 heavy (non-hydrogen) atoms. The first-order valence-corrected chi connectivity index (χ1v) is 13.2. The lowest BCUT2D eigenvalue weighted by molar-refractivity contribution is 0.102. The third-order valence-electron chi connectivity index (χ3n) is 4.78. The fourth-order valence-corrected chi connectivity index (χ4v) is 4.95. The van der Waals surface area contributed by atoms with Gasteiger partial charge in [0.1, 0.15) is 0 Å². The van der Waals surface area contributed by atoms with E-state index >= 15 is 0 Å². The molecule has 0 unspecified atom stereocenters. The largest absolute Gasteiger partial charge is 0.378 e. The van der Waals surface area contributed by atoms with Gasteiger partial charge in [-0.2, -0.15) is 0 Å². The Labute approximate surface area is 187 Å². The van der Waals surface area contributed by atoms with Crippen molar-refractivity contribution in [2.75, 3.05) is 47.0 Å². The van der Waals surface area contributed by atoms with Crippen LogP contribution in [-0.4, -0.2) is 54.8 Å². The van der Waals surface area contributed by atoms with Crippen LogP contribution in [0.4, 0.5) is 17.1 Å². The molecule has 0 aliphatic carbocycles. The van der Waals surface area contributed by atoms with Crippen LogP contribution in [0.1, 0.15) is 23.7 Å². The standard InChI is InChI=1S/C20H26N4O6S2/c1-2-13-31(26,27)23-16-5-3-15(4-6-16)22-20(25)18-14-17(32(21,28)29)7-8-19(18)24-9-11-30-12-10-24/h3-8,14,23H,2,9-13H2,1H3,(H,22,25)(H2,21,28,29). The van der Waals surface area contributed by atoms with E-state index in [1.54, 1.807) is 25.1 Å². The predicted molar refractivity (Wildman–Crippen MR) is 123 cm³/mol. The summed E-state index contributed by atoms with van der Waals surface area (Å²) in [5, 5.41) is 7.97. The van der Waals surface area contributed by atoms with Crippen molar-refractivity contribution in [2.45, 2.75) is 18.2 Å². The van der Waals surface area contributed by atoms with Gasteiger partial charge >= 0.3 is 0 Å². The third-order valence-corrected chi connectivity index (χ3v) is 7.19. The number of hydrogen-bond donors (Lipinski definition) is 3. The number of sulfonamides is 2. The molecule has 2 aromatic rings. The topological polar surface area (TPSA) is 148 Å². The lowest BCUT2D eigenvalue weighted by Crippen LogP contribution is -2.37. The van der Waals surface area contributed by atoms with Crippen molar-refractivity contribution in [3.63, 3.8) is 0 Å². The number of ether oxygens (including phenoxy) is 1. The van der Waals surface area contributed by atoms with Crippen molar-refractivity contribution >= 4 is 43.0 Å². The van der Waals surface area contributed by atoms with Gasteiger partial charge in [0.2, 0.25) is 20.0 Å². The number of anilines is 3. The van der Waals surface area contributed by atoms with Crippen LogP contribution >= 0.6 is 0 Å². The molecular weight excluding hydrogens is 456 g/mol. The van der Waals surface area contributed by atoms with Gasteiger partial charge in [0.15, 0.2) is 0 Å². The summed E-state index contributed by atoms with van der Waals surface area (Å²) in [6, 6.07) is 10.4. The van der Waals surface area contributed by atoms with Gasteiger partial charge in [-0.3, -0.25) is 9.52 Å². The van der Waals surface area contributed by atoms with E-state index in [0.29, 0.717) is 49.8 Å². The summed E-state index contributed by atoms with van der Waals surface area (Å²) in [6.45, 7) is 3.87. The smallest absolute Gasteiger partial charge is 0.257 e. The summed E-state index contributed by atoms with van der Waals surface area (Å²) >= 11 is 0. The van der Waals surface area contributed by atoms with E-state index in [1.807, 2.05) is 4.90 Å². The van der Waals surface area contributed by atoms with Crippen LogP contribution in [0, 0.1) is 0 Å². The molecule has 1 amide bonds. The number of rotatable bonds is 8. The van der Waals surface area contributed by atoms with Crippen molar-refractivity contribution < 1.29 is 26.4 Å². The van der Waals surface area contributed by atoms with Gasteiger partial charge in [0.25, 0.3) is 5.91 Å². The number of amides is 1. The normalized spacial score (nSPS) is 14.8. The van der Waals surface area contributed by atoms with Crippen LogP contribution in [0.3, 0.4) is 0 Å². The molecule has 1 aliphatic rings. The first-order valence-electron chi connectivity index (χ1n) is 10.0. The van der Waals surface area contributed by atoms with Crippen LogP contribution in [-0.2, 0) is 24.8 Å². The second-order valence-corrected chi connectivity index (χ2v) is 10.7. The maximum atomic E-state index is 13.0. The highest BCUT2D eigenvalue weighted by atomic mass is 32.2. The molecule has 4 N–H and O–H groups in total. The number of primary sulfonamides is 1. The van der Waals surface area contributed by atoms with Crippen LogP contribution in [0.2, 0.25) is 0 Å². The summed E-state index contributed by atoms with van der Waals surface area (Å²) in [5.74, 6) is -0.507. The fraction of sp³-hybridized carbons (Fsp3) is 0.350. The highest BCUT2D eigenvalue weighted by Crippen LogP contribution is 2.26. The summed E-state index contributed by atoms with van der Waals surface area (Å²) in [4.78, 5) is 14.8. The minimum atomic E-state index is -4.00. The van der Waals surface area contributed by atoms with Crippen molar-refractivity contribution in [3.8, 4) is 0 Å². The molecule has 1 heterocycles. The third kappa shape index (κ3) is 6.19. The maximum Gasteiger partial charge on any atom is 0.257 e. The zero-order valence-corrected chi connectivity index (χ0v) is 19.2. The van der Waals surface area contributed by atoms with Crippen LogP contribution in [0.5, 0.6) is 0 Å². The first kappa shape index (κ1) is 24.0. The lowest BCUT2D eigenvalue weighted by atomic mass is 10.1. The summed E-state index contributed by atoms with van der Waals surface area (Å²) in [5.41, 5.74) is 1.53. The van der Waals surface area contributed by atoms with E-state index in [0.717, 1.165) is 0 Å². The molecule has 0 atom stereocenters. The Morgan fingerprint density at radius 3 is 2.25 bits per heavy atom. The Hall–Kier alpha value is -2.67. The van der Waals surface area contributed by atoms with Crippen molar-refractivity contribution in [1.29, 1.82) is 0 Å². The molecule has 0 aromatic heterocycles. The SMILES string of the molecule is CCCS(=O)(=O)Nc1ccc(NC(=O)c2cc(S(N)(=O)=O)ccc2N2CCOCC2)cc1. The molecule has 0 radical (unpaired) electrons. The lowest BCUT2D eigenvalue weighted by Gasteiger charge is -2.30. The molecule has 1 saturated heterocycles. The monoisotopic (exact) mass is 482 g/mol. The molecule has 3 rings (SSSR count). The molecule has 12 heteroatoms. The van der Waals surface area contributed by atoms with Gasteiger partial charge in [-0.05, 0) is 48.9 Å². The van der Waals surface area contributed by atoms with Crippen LogP contribution in [0.25, 0.3) is 0 Å². The van der Waals surface area contributed by atoms with Crippen molar-refractivity contribution in [3.05, 3.63) is 48.0 Å². The zero-order chi connectivity index (χ0) is 23.4. The number of hydrogen-bond acceptors (Lipinski definition) is 7. The molecule has 1 fully saturated rings. The van der Waals surface area contributed by atoms with E-state index in [-0.39, 0.29) is 16.2 Å². The number of carbonyl (C=O) groups is 1. The maximum absolute atomic E-state index is 13.0. The predicted octanol–water partition coefficient (Wildman–Crippen LogP) is 1.57. The Morgan fingerprint density at radius 2 is 1.66 bits per heavy atom. The number of nitrogens with two attached hydrogens (primary N) is 1. The zero-order valence-electron chi connectivity index (χ0n) is 17.6. The number of morpholine rings is 1. The van der Waals surface area contributed by atoms with Crippen LogP contribution in [0.15, 0.2) is 47.4 Å². The second-order valence-electron chi connectivity index (χ2n) is 7.28. The van der Waals surface area contributed by atoms with Gasteiger partial charge in [-0.25, -0.2) is 22.0 Å². The Morgan fingerprint density at radius 1 is 1.03 bits per heavy atom. The number of carbonyl (C=O) groups excluding carboxylic acids is 1. The highest BCUT2D eigenvalue weighted by Gasteiger charge is 2.22. The fourth-order valence-electron chi connectivity index (χ4n) is 3.27. The van der Waals surface area contributed by atoms with Crippen molar-refractivity contribution in [1.82, 2.24) is 0 Å². The van der Waals surface area contributed by atoms with Gasteiger partial charge in [0.05, 0.1) is 29.4 Å². The Bertz CT molecular complexity index is 1180. The second kappa shape index (κ2) is 9.86. The van der Waals surface area contributed by atoms with Gasteiger partial charge in [0, 0.05) is 30.2 Å². The molecule has 10 nitrogen and oxygen atoms in total.